The highest BCUT2D eigenvalue weighted by Crippen LogP contribution is 2.30. The highest BCUT2D eigenvalue weighted by molar-refractivity contribution is 7.15. The molecule has 0 radical (unpaired) electrons. The lowest BCUT2D eigenvalue weighted by Crippen LogP contribution is -2.39. The van der Waals surface area contributed by atoms with E-state index >= 15 is 0 Å². The van der Waals surface area contributed by atoms with Crippen molar-refractivity contribution >= 4 is 17.2 Å². The Morgan fingerprint density at radius 3 is 2.56 bits per heavy atom. The first-order chi connectivity index (χ1) is 15.3. The quantitative estimate of drug-likeness (QED) is 0.487. The third kappa shape index (κ3) is 4.15. The van der Waals surface area contributed by atoms with Gasteiger partial charge < -0.3 is 10.3 Å². The zero-order chi connectivity index (χ0) is 22.8. The molecule has 162 valence electrons. The highest BCUT2D eigenvalue weighted by atomic mass is 32.1. The average molecular weight is 450 g/mol. The molecular weight excluding hydrogens is 431 g/mol. The Morgan fingerprint density at radius 1 is 1.12 bits per heavy atom. The average Bonchev–Trinajstić information content (AvgIpc) is 3.14. The molecule has 4 rings (SSSR count). The van der Waals surface area contributed by atoms with Gasteiger partial charge in [-0.05, 0) is 43.7 Å². The number of aryl methyl sites for hydroxylation is 2. The largest absolute Gasteiger partial charge is 0.347 e. The fourth-order valence-electron chi connectivity index (χ4n) is 3.24. The van der Waals surface area contributed by atoms with E-state index in [0.717, 1.165) is 49.6 Å². The SMILES string of the molecule is Cc1ccccc1-c1nc(C)c(CNC(=O)c2c[nH]c(=O)n(-c3ccc(F)cc3)c2=O)s1. The van der Waals surface area contributed by atoms with E-state index in [9.17, 15) is 18.8 Å². The summed E-state index contributed by atoms with van der Waals surface area (Å²) >= 11 is 1.47. The van der Waals surface area contributed by atoms with Gasteiger partial charge in [-0.25, -0.2) is 18.7 Å². The van der Waals surface area contributed by atoms with Gasteiger partial charge in [0.15, 0.2) is 0 Å². The fraction of sp³-hybridized carbons (Fsp3) is 0.130. The number of nitrogens with one attached hydrogen (secondary N) is 2. The Hall–Kier alpha value is -3.85. The normalized spacial score (nSPS) is 10.8. The molecule has 0 bridgehead atoms. The van der Waals surface area contributed by atoms with Gasteiger partial charge in [0, 0.05) is 16.6 Å². The van der Waals surface area contributed by atoms with Crippen LogP contribution in [0.4, 0.5) is 4.39 Å². The van der Waals surface area contributed by atoms with Crippen LogP contribution >= 0.6 is 11.3 Å². The summed E-state index contributed by atoms with van der Waals surface area (Å²) in [7, 11) is 0. The highest BCUT2D eigenvalue weighted by Gasteiger charge is 2.17. The molecule has 4 aromatic rings. The lowest BCUT2D eigenvalue weighted by atomic mass is 10.1. The van der Waals surface area contributed by atoms with Crippen LogP contribution < -0.4 is 16.6 Å². The van der Waals surface area contributed by atoms with Gasteiger partial charge in [0.25, 0.3) is 11.5 Å². The zero-order valence-electron chi connectivity index (χ0n) is 17.3. The van der Waals surface area contributed by atoms with E-state index in [0.29, 0.717) is 0 Å². The number of nitrogens with zero attached hydrogens (tertiary/aromatic N) is 2. The van der Waals surface area contributed by atoms with Gasteiger partial charge in [0.1, 0.15) is 16.4 Å². The summed E-state index contributed by atoms with van der Waals surface area (Å²) in [4.78, 5) is 45.5. The molecule has 0 aliphatic heterocycles. The van der Waals surface area contributed by atoms with E-state index in [1.54, 1.807) is 0 Å². The van der Waals surface area contributed by atoms with Crippen molar-refractivity contribution in [2.24, 2.45) is 0 Å². The number of hydrogen-bond acceptors (Lipinski definition) is 5. The molecule has 0 spiro atoms. The number of hydrogen-bond donors (Lipinski definition) is 2. The van der Waals surface area contributed by atoms with E-state index in [1.165, 1.54) is 23.5 Å². The fourth-order valence-corrected chi connectivity index (χ4v) is 4.33. The van der Waals surface area contributed by atoms with Crippen LogP contribution in [0.25, 0.3) is 16.3 Å². The first kappa shape index (κ1) is 21.4. The van der Waals surface area contributed by atoms with Crippen molar-refractivity contribution in [1.29, 1.82) is 0 Å². The van der Waals surface area contributed by atoms with E-state index in [-0.39, 0.29) is 17.8 Å². The summed E-state index contributed by atoms with van der Waals surface area (Å²) in [6, 6.07) is 12.8. The van der Waals surface area contributed by atoms with Crippen LogP contribution in [-0.4, -0.2) is 20.4 Å². The van der Waals surface area contributed by atoms with Gasteiger partial charge in [-0.2, -0.15) is 0 Å². The van der Waals surface area contributed by atoms with Crippen LogP contribution in [0.3, 0.4) is 0 Å². The Balaban J connectivity index is 1.58. The lowest BCUT2D eigenvalue weighted by Gasteiger charge is -2.08. The van der Waals surface area contributed by atoms with Crippen molar-refractivity contribution < 1.29 is 9.18 Å². The molecule has 9 heteroatoms. The van der Waals surface area contributed by atoms with Gasteiger partial charge in [-0.3, -0.25) is 9.59 Å². The summed E-state index contributed by atoms with van der Waals surface area (Å²) in [5.74, 6) is -1.13. The molecule has 1 amide bonds. The van der Waals surface area contributed by atoms with Crippen molar-refractivity contribution in [2.45, 2.75) is 20.4 Å². The number of aromatic amines is 1. The smallest absolute Gasteiger partial charge is 0.333 e. The van der Waals surface area contributed by atoms with Gasteiger partial charge in [0.2, 0.25) is 0 Å². The molecule has 32 heavy (non-hydrogen) atoms. The Labute approximate surface area is 186 Å². The van der Waals surface area contributed by atoms with Crippen LogP contribution in [0.1, 0.15) is 26.5 Å². The van der Waals surface area contributed by atoms with E-state index in [1.807, 2.05) is 38.1 Å². The summed E-state index contributed by atoms with van der Waals surface area (Å²) in [6.45, 7) is 4.06. The van der Waals surface area contributed by atoms with E-state index in [4.69, 9.17) is 0 Å². The molecule has 2 N–H and O–H groups in total. The number of thiazole rings is 1. The van der Waals surface area contributed by atoms with Crippen LogP contribution in [0, 0.1) is 19.7 Å². The third-order valence-corrected chi connectivity index (χ3v) is 6.17. The van der Waals surface area contributed by atoms with Crippen molar-refractivity contribution in [3.63, 3.8) is 0 Å². The zero-order valence-corrected chi connectivity index (χ0v) is 18.1. The van der Waals surface area contributed by atoms with Gasteiger partial charge in [0.05, 0.1) is 17.9 Å². The lowest BCUT2D eigenvalue weighted by molar-refractivity contribution is 0.0949. The van der Waals surface area contributed by atoms with Crippen LogP contribution in [-0.2, 0) is 6.54 Å². The van der Waals surface area contributed by atoms with Crippen molar-refractivity contribution in [1.82, 2.24) is 19.9 Å². The summed E-state index contributed by atoms with van der Waals surface area (Å²) in [5.41, 5.74) is 1.34. The number of rotatable bonds is 5. The van der Waals surface area contributed by atoms with Crippen molar-refractivity contribution in [3.8, 4) is 16.3 Å². The summed E-state index contributed by atoms with van der Waals surface area (Å²) < 4.78 is 14.0. The molecule has 0 fully saturated rings. The van der Waals surface area contributed by atoms with E-state index < -0.39 is 23.0 Å². The number of halogens is 1. The summed E-state index contributed by atoms with van der Waals surface area (Å²) in [6.07, 6.45) is 1.08. The molecule has 2 aromatic heterocycles. The maximum Gasteiger partial charge on any atom is 0.333 e. The number of amides is 1. The second-order valence-corrected chi connectivity index (χ2v) is 8.23. The molecule has 7 nitrogen and oxygen atoms in total. The van der Waals surface area contributed by atoms with Crippen molar-refractivity contribution in [3.05, 3.63) is 103 Å². The Kier molecular flexibility index (Phi) is 5.83. The number of aromatic nitrogens is 3. The number of benzene rings is 2. The van der Waals surface area contributed by atoms with Crippen LogP contribution in [0.15, 0.2) is 64.3 Å². The molecule has 2 heterocycles. The van der Waals surface area contributed by atoms with Gasteiger partial charge >= 0.3 is 5.69 Å². The van der Waals surface area contributed by atoms with E-state index in [2.05, 4.69) is 15.3 Å². The van der Waals surface area contributed by atoms with Gasteiger partial charge in [-0.1, -0.05) is 24.3 Å². The topological polar surface area (TPSA) is 96.8 Å². The first-order valence-electron chi connectivity index (χ1n) is 9.76. The molecule has 0 unspecified atom stereocenters. The molecule has 2 aromatic carbocycles. The second kappa shape index (κ2) is 8.72. The molecule has 0 saturated carbocycles. The third-order valence-electron chi connectivity index (χ3n) is 4.98. The predicted octanol–water partition coefficient (Wildman–Crippen LogP) is 3.34. The Morgan fingerprint density at radius 2 is 1.84 bits per heavy atom. The monoisotopic (exact) mass is 450 g/mol. The summed E-state index contributed by atoms with van der Waals surface area (Å²) in [5, 5.41) is 3.57. The molecule has 0 saturated heterocycles. The molecule has 0 aliphatic rings. The van der Waals surface area contributed by atoms with Crippen LogP contribution in [0.2, 0.25) is 0 Å². The maximum absolute atomic E-state index is 13.2. The predicted molar refractivity (Wildman–Crippen MR) is 121 cm³/mol. The minimum Gasteiger partial charge on any atom is -0.347 e. The van der Waals surface area contributed by atoms with Crippen LogP contribution in [0.5, 0.6) is 0 Å². The Bertz CT molecular complexity index is 1420. The minimum absolute atomic E-state index is 0.161. The molecule has 0 aliphatic carbocycles. The minimum atomic E-state index is -0.792. The standard InChI is InChI=1S/C23H19FN4O3S/c1-13-5-3-4-6-17(13)21-27-14(2)19(32-21)12-25-20(29)18-11-26-23(31)28(22(18)30)16-9-7-15(24)8-10-16/h3-11H,12H2,1-2H3,(H,25,29)(H,26,31). The second-order valence-electron chi connectivity index (χ2n) is 7.15. The number of carbonyl (C=O) groups excluding carboxylic acids is 1. The molecule has 0 atom stereocenters. The maximum atomic E-state index is 13.2. The molecular formula is C23H19FN4O3S. The number of carbonyl (C=O) groups is 1. The number of H-pyrrole nitrogens is 1. The first-order valence-corrected chi connectivity index (χ1v) is 10.6. The van der Waals surface area contributed by atoms with Crippen molar-refractivity contribution in [2.75, 3.05) is 0 Å². The van der Waals surface area contributed by atoms with Gasteiger partial charge in [-0.15, -0.1) is 11.3 Å².